The fourth-order valence-electron chi connectivity index (χ4n) is 4.95. The Bertz CT molecular complexity index is 1730. The quantitative estimate of drug-likeness (QED) is 0.153. The van der Waals surface area contributed by atoms with Crippen molar-refractivity contribution in [2.24, 2.45) is 0 Å². The zero-order valence-electron chi connectivity index (χ0n) is 26.1. The summed E-state index contributed by atoms with van der Waals surface area (Å²) in [4.78, 5) is 0. The summed E-state index contributed by atoms with van der Waals surface area (Å²) in [5.41, 5.74) is 5.41. The van der Waals surface area contributed by atoms with Crippen LogP contribution in [-0.4, -0.2) is 3.21 Å². The predicted octanol–water partition coefficient (Wildman–Crippen LogP) is 13.4. The number of hydrogen-bond donors (Lipinski definition) is 0. The van der Waals surface area contributed by atoms with Crippen LogP contribution in [0.2, 0.25) is 0 Å². The Morgan fingerprint density at radius 1 is 0.591 bits per heavy atom. The molecule has 0 unspecified atom stereocenters. The maximum atomic E-state index is 6.31. The van der Waals surface area contributed by atoms with Crippen LogP contribution in [-0.2, 0) is 29.7 Å². The second kappa shape index (κ2) is 15.3. The van der Waals surface area contributed by atoms with Crippen LogP contribution in [0.15, 0.2) is 130 Å². The third-order valence-electron chi connectivity index (χ3n) is 7.41. The van der Waals surface area contributed by atoms with Crippen LogP contribution >= 0.6 is 48.9 Å². The molecule has 44 heavy (non-hydrogen) atoms. The molecular weight excluding hydrogens is 790 g/mol. The van der Waals surface area contributed by atoms with Gasteiger partial charge in [0.1, 0.15) is 0 Å². The van der Waals surface area contributed by atoms with Crippen LogP contribution in [0.4, 0.5) is 0 Å². The van der Waals surface area contributed by atoms with E-state index in [0.717, 1.165) is 23.3 Å². The van der Waals surface area contributed by atoms with Crippen LogP contribution in [0.1, 0.15) is 63.8 Å². The van der Waals surface area contributed by atoms with Gasteiger partial charge >= 0.3 is 140 Å². The normalized spacial score (nSPS) is 11.4. The molecule has 0 spiro atoms. The molecule has 0 amide bonds. The molecule has 6 aromatic carbocycles. The van der Waals surface area contributed by atoms with E-state index in [1.165, 1.54) is 32.7 Å². The van der Waals surface area contributed by atoms with Crippen LogP contribution in [0.25, 0.3) is 21.5 Å². The zero-order valence-corrected chi connectivity index (χ0v) is 33.2. The van der Waals surface area contributed by atoms with Gasteiger partial charge in [-0.3, -0.25) is 0 Å². The molecule has 0 saturated heterocycles. The molecule has 0 fully saturated rings. The van der Waals surface area contributed by atoms with Crippen molar-refractivity contribution >= 4 is 73.6 Å². The minimum atomic E-state index is -2.54. The van der Waals surface area contributed by atoms with Crippen LogP contribution in [0.3, 0.4) is 0 Å². The van der Waals surface area contributed by atoms with E-state index in [1.807, 2.05) is 66.7 Å². The maximum Gasteiger partial charge on any atom is -0.172 e. The largest absolute Gasteiger partial charge is 0.214 e. The second-order valence-corrected chi connectivity index (χ2v) is 22.8. The molecule has 0 aliphatic carbocycles. The summed E-state index contributed by atoms with van der Waals surface area (Å²) in [7, 11) is 12.6. The van der Waals surface area contributed by atoms with Crippen molar-refractivity contribution in [2.75, 3.05) is 0 Å². The van der Waals surface area contributed by atoms with E-state index >= 15 is 0 Å². The molecule has 0 heterocycles. The van der Waals surface area contributed by atoms with E-state index in [0.29, 0.717) is 0 Å². The van der Waals surface area contributed by atoms with Crippen LogP contribution in [0.5, 0.6) is 0 Å². The molecule has 228 valence electrons. The summed E-state index contributed by atoms with van der Waals surface area (Å²) in [6.07, 6.45) is 0. The summed E-state index contributed by atoms with van der Waals surface area (Å²) in [5, 5.41) is 5.48. The van der Waals surface area contributed by atoms with Crippen LogP contribution in [0, 0.1) is 0 Å². The maximum absolute atomic E-state index is 6.31. The molecule has 0 saturated carbocycles. The van der Waals surface area contributed by atoms with Crippen LogP contribution < -0.4 is 0 Å². The third kappa shape index (κ3) is 9.46. The zero-order chi connectivity index (χ0) is 32.1. The Balaban J connectivity index is 0.000000175. The summed E-state index contributed by atoms with van der Waals surface area (Å²) < 4.78 is 3.17. The summed E-state index contributed by atoms with van der Waals surface area (Å²) in [6.45, 7) is 13.6. The number of rotatable bonds is 2. The molecule has 0 bridgehead atoms. The third-order valence-corrected chi connectivity index (χ3v) is 13.0. The van der Waals surface area contributed by atoms with Gasteiger partial charge in [0.15, 0.2) is 0 Å². The molecule has 5 heteroatoms. The smallest absolute Gasteiger partial charge is 0.172 e. The predicted molar refractivity (Wildman–Crippen MR) is 200 cm³/mol. The molecule has 0 aliphatic heterocycles. The minimum Gasteiger partial charge on any atom is -0.214 e. The van der Waals surface area contributed by atoms with E-state index in [2.05, 4.69) is 128 Å². The average molecular weight is 829 g/mol. The van der Waals surface area contributed by atoms with Gasteiger partial charge in [0.25, 0.3) is 0 Å². The van der Waals surface area contributed by atoms with Gasteiger partial charge in [-0.05, 0) is 10.8 Å². The molecule has 0 nitrogen and oxygen atoms in total. The summed E-state index contributed by atoms with van der Waals surface area (Å²) in [5.74, 6) is 0. The first-order valence-corrected chi connectivity index (χ1v) is 23.8. The molecule has 6 rings (SSSR count). The minimum absolute atomic E-state index is 0.203. The van der Waals surface area contributed by atoms with Gasteiger partial charge in [-0.1, -0.05) is 76.9 Å². The monoisotopic (exact) mass is 824 g/mol. The molecule has 0 aromatic heterocycles. The fourth-order valence-corrected chi connectivity index (χ4v) is 10.2. The first-order valence-electron chi connectivity index (χ1n) is 14.6. The van der Waals surface area contributed by atoms with Gasteiger partial charge in [0, 0.05) is 0 Å². The topological polar surface area (TPSA) is 0 Å². The van der Waals surface area contributed by atoms with Crippen molar-refractivity contribution in [1.82, 2.24) is 0 Å². The Labute approximate surface area is 294 Å². The standard InChI is InChI=1S/C21H25.C13H8Br2.C5H5.2ClH.Zr/c1-20(2,3)16-7-9-18-14(12-16)11-15-13-17(21(4,5)6)8-10-19(15)18;14-12-5-1-3-10(8-12)7-11-4-2-6-13(15)9-11;1-2-4-5-3-1;;;/h7-13H,1-6H3;1-6,8-9H;1-5H;2*1H;/q-1;;-1;;;+2/p-2. The van der Waals surface area contributed by atoms with Crippen molar-refractivity contribution in [1.29, 1.82) is 0 Å². The van der Waals surface area contributed by atoms with E-state index in [9.17, 15) is 0 Å². The van der Waals surface area contributed by atoms with E-state index < -0.39 is 18.9 Å². The van der Waals surface area contributed by atoms with Gasteiger partial charge in [0.2, 0.25) is 0 Å². The Hall–Kier alpha value is -1.61. The first-order chi connectivity index (χ1) is 20.7. The Morgan fingerprint density at radius 3 is 1.34 bits per heavy atom. The van der Waals surface area contributed by atoms with E-state index in [-0.39, 0.29) is 10.8 Å². The Morgan fingerprint density at radius 2 is 1.02 bits per heavy atom. The Kier molecular flexibility index (Phi) is 12.3. The molecule has 0 radical (unpaired) electrons. The number of fused-ring (bicyclic) bond motifs is 3. The number of halogens is 4. The van der Waals surface area contributed by atoms with E-state index in [1.54, 1.807) is 0 Å². The van der Waals surface area contributed by atoms with Crippen molar-refractivity contribution in [3.05, 3.63) is 153 Å². The first kappa shape index (κ1) is 35.3. The molecule has 0 aliphatic rings. The number of hydrogen-bond acceptors (Lipinski definition) is 0. The van der Waals surface area contributed by atoms with E-state index in [4.69, 9.17) is 17.0 Å². The summed E-state index contributed by atoms with van der Waals surface area (Å²) in [6, 6.07) is 42.4. The number of benzene rings is 4. The fraction of sp³-hybridized carbons (Fsp3) is 0.205. The average Bonchev–Trinajstić information content (AvgIpc) is 3.64. The van der Waals surface area contributed by atoms with Gasteiger partial charge in [-0.15, -0.1) is 39.7 Å². The van der Waals surface area contributed by atoms with Gasteiger partial charge in [-0.2, -0.15) is 18.2 Å². The van der Waals surface area contributed by atoms with Gasteiger partial charge < -0.3 is 0 Å². The molecule has 6 aromatic rings. The molecular formula is C39H38Br2Cl2Zr-2. The molecule has 0 N–H and O–H groups in total. The molecule has 0 atom stereocenters. The van der Waals surface area contributed by atoms with Crippen molar-refractivity contribution < 1.29 is 18.9 Å². The van der Waals surface area contributed by atoms with Gasteiger partial charge in [-0.25, -0.2) is 12.1 Å². The summed E-state index contributed by atoms with van der Waals surface area (Å²) >= 11 is 4.42. The van der Waals surface area contributed by atoms with Crippen molar-refractivity contribution in [3.8, 4) is 0 Å². The SMILES string of the molecule is CC(C)(C)c1ccc2c(c1)[cH-]c1cc(C(C)(C)C)ccc12.[Cl][Zr]([Cl])=[C](c1cccc(Br)c1)c1cccc(Br)c1.c1cc[cH-]c1. The van der Waals surface area contributed by atoms with Gasteiger partial charge in [0.05, 0.1) is 0 Å². The van der Waals surface area contributed by atoms with Crippen molar-refractivity contribution in [3.63, 3.8) is 0 Å². The van der Waals surface area contributed by atoms with Crippen molar-refractivity contribution in [2.45, 2.75) is 52.4 Å². The second-order valence-electron chi connectivity index (χ2n) is 12.9.